The lowest BCUT2D eigenvalue weighted by Crippen LogP contribution is -2.41. The molecule has 1 heterocycles. The molecule has 0 saturated carbocycles. The zero-order valence-electron chi connectivity index (χ0n) is 18.9. The van der Waals surface area contributed by atoms with Gasteiger partial charge in [-0.05, 0) is 29.2 Å². The summed E-state index contributed by atoms with van der Waals surface area (Å²) in [5.74, 6) is 1.33. The molecule has 1 aliphatic heterocycles. The molecule has 1 N–H and O–H groups in total. The fourth-order valence-electron chi connectivity index (χ4n) is 3.34. The standard InChI is InChI=1S/C23H30N2O6S/c1-23(2,3)18-7-5-6-8-19(18)29-12-11-24-22(26)16-25(32(4,27)28)17-9-10-20-21(15-17)31-14-13-30-20/h5-10,15H,11-14,16H2,1-4H3,(H,24,26). The molecule has 0 atom stereocenters. The minimum Gasteiger partial charge on any atom is -0.491 e. The predicted molar refractivity (Wildman–Crippen MR) is 123 cm³/mol. The van der Waals surface area contributed by atoms with Crippen LogP contribution >= 0.6 is 0 Å². The molecule has 9 heteroatoms. The normalized spacial score (nSPS) is 13.4. The molecule has 0 aliphatic carbocycles. The fraction of sp³-hybridized carbons (Fsp3) is 0.435. The van der Waals surface area contributed by atoms with Crippen LogP contribution in [-0.4, -0.2) is 53.5 Å². The summed E-state index contributed by atoms with van der Waals surface area (Å²) in [4.78, 5) is 12.5. The quantitative estimate of drug-likeness (QED) is 0.607. The van der Waals surface area contributed by atoms with Gasteiger partial charge in [-0.2, -0.15) is 0 Å². The number of para-hydroxylation sites is 1. The Hall–Kier alpha value is -2.94. The first-order chi connectivity index (χ1) is 15.1. The van der Waals surface area contributed by atoms with E-state index in [4.69, 9.17) is 14.2 Å². The van der Waals surface area contributed by atoms with E-state index in [1.807, 2.05) is 24.3 Å². The first-order valence-corrected chi connectivity index (χ1v) is 12.3. The van der Waals surface area contributed by atoms with Gasteiger partial charge in [0.25, 0.3) is 0 Å². The van der Waals surface area contributed by atoms with Gasteiger partial charge in [0.1, 0.15) is 32.1 Å². The summed E-state index contributed by atoms with van der Waals surface area (Å²) in [6.45, 7) is 7.30. The number of carbonyl (C=O) groups excluding carboxylic acids is 1. The lowest BCUT2D eigenvalue weighted by Gasteiger charge is -2.25. The highest BCUT2D eigenvalue weighted by atomic mass is 32.2. The molecule has 1 amide bonds. The van der Waals surface area contributed by atoms with Crippen molar-refractivity contribution in [2.75, 3.05) is 43.5 Å². The molecule has 0 bridgehead atoms. The maximum atomic E-state index is 12.5. The van der Waals surface area contributed by atoms with Crippen LogP contribution < -0.4 is 23.8 Å². The van der Waals surface area contributed by atoms with E-state index in [2.05, 4.69) is 26.1 Å². The molecular weight excluding hydrogens is 432 g/mol. The van der Waals surface area contributed by atoms with Gasteiger partial charge in [-0.1, -0.05) is 39.0 Å². The van der Waals surface area contributed by atoms with E-state index < -0.39 is 15.9 Å². The molecule has 2 aromatic carbocycles. The third kappa shape index (κ3) is 6.06. The van der Waals surface area contributed by atoms with Gasteiger partial charge < -0.3 is 19.5 Å². The van der Waals surface area contributed by atoms with Gasteiger partial charge in [-0.25, -0.2) is 8.42 Å². The molecule has 2 aromatic rings. The zero-order chi connectivity index (χ0) is 23.4. The van der Waals surface area contributed by atoms with Crippen LogP contribution in [-0.2, 0) is 20.2 Å². The van der Waals surface area contributed by atoms with E-state index in [0.29, 0.717) is 30.4 Å². The molecule has 0 radical (unpaired) electrons. The van der Waals surface area contributed by atoms with Crippen LogP contribution in [0.2, 0.25) is 0 Å². The largest absolute Gasteiger partial charge is 0.491 e. The number of ether oxygens (including phenoxy) is 3. The monoisotopic (exact) mass is 462 g/mol. The summed E-state index contributed by atoms with van der Waals surface area (Å²) in [5, 5.41) is 2.72. The molecule has 3 rings (SSSR count). The molecule has 0 fully saturated rings. The topological polar surface area (TPSA) is 94.2 Å². The number of amides is 1. The van der Waals surface area contributed by atoms with Crippen molar-refractivity contribution in [1.82, 2.24) is 5.32 Å². The van der Waals surface area contributed by atoms with E-state index in [0.717, 1.165) is 21.9 Å². The average Bonchev–Trinajstić information content (AvgIpc) is 2.73. The maximum absolute atomic E-state index is 12.5. The highest BCUT2D eigenvalue weighted by molar-refractivity contribution is 7.92. The highest BCUT2D eigenvalue weighted by Gasteiger charge is 2.23. The van der Waals surface area contributed by atoms with Gasteiger partial charge >= 0.3 is 0 Å². The summed E-state index contributed by atoms with van der Waals surface area (Å²) < 4.78 is 42.5. The summed E-state index contributed by atoms with van der Waals surface area (Å²) >= 11 is 0. The molecule has 1 aliphatic rings. The summed E-state index contributed by atoms with van der Waals surface area (Å²) in [6, 6.07) is 12.6. The van der Waals surface area contributed by atoms with Crippen molar-refractivity contribution in [2.45, 2.75) is 26.2 Å². The van der Waals surface area contributed by atoms with Crippen molar-refractivity contribution in [3.63, 3.8) is 0 Å². The second kappa shape index (κ2) is 9.68. The average molecular weight is 463 g/mol. The van der Waals surface area contributed by atoms with Gasteiger partial charge in [0, 0.05) is 6.07 Å². The molecular formula is C23H30N2O6S. The van der Waals surface area contributed by atoms with Crippen LogP contribution in [0.25, 0.3) is 0 Å². The van der Waals surface area contributed by atoms with Gasteiger partial charge in [0.05, 0.1) is 18.5 Å². The van der Waals surface area contributed by atoms with Gasteiger partial charge in [0.15, 0.2) is 11.5 Å². The first-order valence-electron chi connectivity index (χ1n) is 10.4. The fourth-order valence-corrected chi connectivity index (χ4v) is 4.19. The highest BCUT2D eigenvalue weighted by Crippen LogP contribution is 2.34. The Labute approximate surface area is 189 Å². The van der Waals surface area contributed by atoms with E-state index in [-0.39, 0.29) is 25.1 Å². The van der Waals surface area contributed by atoms with Crippen LogP contribution in [0.1, 0.15) is 26.3 Å². The van der Waals surface area contributed by atoms with Crippen LogP contribution in [0.3, 0.4) is 0 Å². The minimum atomic E-state index is -3.69. The number of nitrogens with zero attached hydrogens (tertiary/aromatic N) is 1. The Bertz CT molecular complexity index is 1060. The first kappa shape index (κ1) is 23.7. The van der Waals surface area contributed by atoms with Crippen molar-refractivity contribution in [3.8, 4) is 17.2 Å². The number of fused-ring (bicyclic) bond motifs is 1. The Morgan fingerprint density at radius 2 is 1.78 bits per heavy atom. The second-order valence-corrected chi connectivity index (χ2v) is 10.4. The molecule has 0 saturated heterocycles. The van der Waals surface area contributed by atoms with Crippen LogP contribution in [0.15, 0.2) is 42.5 Å². The lowest BCUT2D eigenvalue weighted by molar-refractivity contribution is -0.119. The van der Waals surface area contributed by atoms with Crippen LogP contribution in [0.4, 0.5) is 5.69 Å². The Kier molecular flexibility index (Phi) is 7.18. The van der Waals surface area contributed by atoms with E-state index in [9.17, 15) is 13.2 Å². The maximum Gasteiger partial charge on any atom is 0.240 e. The number of anilines is 1. The predicted octanol–water partition coefficient (Wildman–Crippen LogP) is 2.72. The molecule has 0 aromatic heterocycles. The van der Waals surface area contributed by atoms with Gasteiger partial charge in [-0.15, -0.1) is 0 Å². The van der Waals surface area contributed by atoms with E-state index in [1.54, 1.807) is 18.2 Å². The van der Waals surface area contributed by atoms with Gasteiger partial charge in [-0.3, -0.25) is 9.10 Å². The van der Waals surface area contributed by atoms with Crippen molar-refractivity contribution < 1.29 is 27.4 Å². The summed E-state index contributed by atoms with van der Waals surface area (Å²) in [6.07, 6.45) is 1.06. The number of nitrogens with one attached hydrogen (secondary N) is 1. The number of sulfonamides is 1. The van der Waals surface area contributed by atoms with Crippen LogP contribution in [0.5, 0.6) is 17.2 Å². The van der Waals surface area contributed by atoms with Crippen molar-refractivity contribution in [2.24, 2.45) is 0 Å². The van der Waals surface area contributed by atoms with E-state index >= 15 is 0 Å². The zero-order valence-corrected chi connectivity index (χ0v) is 19.7. The lowest BCUT2D eigenvalue weighted by atomic mass is 9.86. The Balaban J connectivity index is 1.59. The van der Waals surface area contributed by atoms with E-state index in [1.165, 1.54) is 0 Å². The summed E-state index contributed by atoms with van der Waals surface area (Å²) in [7, 11) is -3.69. The minimum absolute atomic E-state index is 0.0700. The second-order valence-electron chi connectivity index (χ2n) is 8.54. The number of hydrogen-bond acceptors (Lipinski definition) is 6. The molecule has 0 spiro atoms. The smallest absolute Gasteiger partial charge is 0.240 e. The number of hydrogen-bond donors (Lipinski definition) is 1. The Morgan fingerprint density at radius 3 is 2.47 bits per heavy atom. The van der Waals surface area contributed by atoms with Crippen molar-refractivity contribution in [3.05, 3.63) is 48.0 Å². The van der Waals surface area contributed by atoms with Crippen LogP contribution in [0, 0.1) is 0 Å². The van der Waals surface area contributed by atoms with Crippen molar-refractivity contribution in [1.29, 1.82) is 0 Å². The number of benzene rings is 2. The molecule has 8 nitrogen and oxygen atoms in total. The van der Waals surface area contributed by atoms with Gasteiger partial charge in [0.2, 0.25) is 15.9 Å². The number of carbonyl (C=O) groups is 1. The molecule has 0 unspecified atom stereocenters. The third-order valence-corrected chi connectivity index (χ3v) is 6.02. The molecule has 174 valence electrons. The third-order valence-electron chi connectivity index (χ3n) is 4.88. The summed E-state index contributed by atoms with van der Waals surface area (Å²) in [5.41, 5.74) is 1.34. The molecule has 32 heavy (non-hydrogen) atoms. The number of rotatable bonds is 8. The Morgan fingerprint density at radius 1 is 1.09 bits per heavy atom. The van der Waals surface area contributed by atoms with Crippen molar-refractivity contribution >= 4 is 21.6 Å². The SMILES string of the molecule is CC(C)(C)c1ccccc1OCCNC(=O)CN(c1ccc2c(c1)OCCO2)S(C)(=O)=O.